The van der Waals surface area contributed by atoms with E-state index >= 15 is 0 Å². The van der Waals surface area contributed by atoms with E-state index in [0.29, 0.717) is 5.82 Å². The fourth-order valence-corrected chi connectivity index (χ4v) is 3.43. The Morgan fingerprint density at radius 1 is 1.00 bits per heavy atom. The smallest absolute Gasteiger partial charge is 0.237 e. The normalized spacial score (nSPS) is 11.8. The van der Waals surface area contributed by atoms with Crippen LogP contribution in [0.5, 0.6) is 0 Å². The van der Waals surface area contributed by atoms with Crippen molar-refractivity contribution < 1.29 is 4.79 Å². The Morgan fingerprint density at radius 2 is 1.69 bits per heavy atom. The molecule has 1 atom stereocenters. The lowest BCUT2D eigenvalue weighted by molar-refractivity contribution is -0.115. The summed E-state index contributed by atoms with van der Waals surface area (Å²) in [5.74, 6) is 0.655. The highest BCUT2D eigenvalue weighted by molar-refractivity contribution is 8.00. The number of carbonyl (C=O) groups excluding carboxylic acids is 1. The van der Waals surface area contributed by atoms with Gasteiger partial charge in [0.25, 0.3) is 0 Å². The number of thioether (sulfide) groups is 1. The van der Waals surface area contributed by atoms with Crippen LogP contribution in [0.4, 0.5) is 5.69 Å². The van der Waals surface area contributed by atoms with Crippen LogP contribution in [0.2, 0.25) is 0 Å². The first-order valence-corrected chi connectivity index (χ1v) is 9.35. The molecule has 0 spiro atoms. The van der Waals surface area contributed by atoms with Crippen LogP contribution >= 0.6 is 11.8 Å². The van der Waals surface area contributed by atoms with E-state index in [0.717, 1.165) is 27.5 Å². The Morgan fingerprint density at radius 3 is 2.42 bits per heavy atom. The van der Waals surface area contributed by atoms with Gasteiger partial charge in [0.1, 0.15) is 10.9 Å². The predicted octanol–water partition coefficient (Wildman–Crippen LogP) is 4.88. The van der Waals surface area contributed by atoms with Crippen LogP contribution in [-0.2, 0) is 4.79 Å². The lowest BCUT2D eigenvalue weighted by Gasteiger charge is -2.14. The number of nitrogens with zero attached hydrogens (tertiary/aromatic N) is 2. The monoisotopic (exact) mass is 363 g/mol. The number of carbonyl (C=O) groups is 1. The van der Waals surface area contributed by atoms with E-state index in [2.05, 4.69) is 15.3 Å². The van der Waals surface area contributed by atoms with Crippen LogP contribution in [0, 0.1) is 13.8 Å². The van der Waals surface area contributed by atoms with Crippen molar-refractivity contribution in [2.24, 2.45) is 0 Å². The van der Waals surface area contributed by atoms with Gasteiger partial charge in [-0.1, -0.05) is 60.3 Å². The molecule has 1 N–H and O–H groups in total. The number of nitrogens with one attached hydrogen (secondary N) is 1. The summed E-state index contributed by atoms with van der Waals surface area (Å²) in [5, 5.41) is 3.51. The number of amides is 1. The second-order valence-electron chi connectivity index (χ2n) is 6.07. The van der Waals surface area contributed by atoms with Crippen molar-refractivity contribution in [2.75, 3.05) is 5.32 Å². The summed E-state index contributed by atoms with van der Waals surface area (Å²) in [4.78, 5) is 21.5. The first-order chi connectivity index (χ1) is 12.5. The van der Waals surface area contributed by atoms with Gasteiger partial charge in [0.2, 0.25) is 5.91 Å². The second kappa shape index (κ2) is 8.15. The zero-order chi connectivity index (χ0) is 18.5. The minimum atomic E-state index is -0.271. The van der Waals surface area contributed by atoms with E-state index in [1.54, 1.807) is 0 Å². The van der Waals surface area contributed by atoms with Gasteiger partial charge in [0.05, 0.1) is 10.9 Å². The molecular weight excluding hydrogens is 342 g/mol. The molecule has 132 valence electrons. The average molecular weight is 363 g/mol. The summed E-state index contributed by atoms with van der Waals surface area (Å²) >= 11 is 1.44. The maximum atomic E-state index is 12.5. The number of hydrogen-bond acceptors (Lipinski definition) is 4. The molecule has 0 aliphatic carbocycles. The molecule has 1 heterocycles. The van der Waals surface area contributed by atoms with E-state index in [4.69, 9.17) is 0 Å². The van der Waals surface area contributed by atoms with Crippen molar-refractivity contribution in [2.45, 2.75) is 31.0 Å². The van der Waals surface area contributed by atoms with Gasteiger partial charge in [0.15, 0.2) is 0 Å². The van der Waals surface area contributed by atoms with E-state index in [1.165, 1.54) is 11.8 Å². The highest BCUT2D eigenvalue weighted by Crippen LogP contribution is 2.27. The lowest BCUT2D eigenvalue weighted by Crippen LogP contribution is -2.23. The molecule has 0 aliphatic heterocycles. The molecule has 3 aromatic rings. The molecular formula is C21H21N3OS. The molecule has 1 aromatic heterocycles. The highest BCUT2D eigenvalue weighted by atomic mass is 32.2. The molecule has 0 aliphatic rings. The van der Waals surface area contributed by atoms with Gasteiger partial charge in [-0.2, -0.15) is 0 Å². The number of aryl methyl sites for hydroxylation is 2. The summed E-state index contributed by atoms with van der Waals surface area (Å²) in [6.07, 6.45) is 0. The Kier molecular flexibility index (Phi) is 5.68. The number of anilines is 1. The van der Waals surface area contributed by atoms with Gasteiger partial charge < -0.3 is 5.32 Å². The highest BCUT2D eigenvalue weighted by Gasteiger charge is 2.17. The van der Waals surface area contributed by atoms with Gasteiger partial charge in [0, 0.05) is 11.3 Å². The Bertz CT molecular complexity index is 912. The molecule has 0 radical (unpaired) electrons. The van der Waals surface area contributed by atoms with Gasteiger partial charge in [-0.05, 0) is 38.5 Å². The summed E-state index contributed by atoms with van der Waals surface area (Å²) in [7, 11) is 0. The van der Waals surface area contributed by atoms with Crippen molar-refractivity contribution in [1.29, 1.82) is 0 Å². The number of hydrogen-bond donors (Lipinski definition) is 1. The van der Waals surface area contributed by atoms with Crippen molar-refractivity contribution >= 4 is 23.4 Å². The van der Waals surface area contributed by atoms with Gasteiger partial charge in [-0.3, -0.25) is 4.79 Å². The zero-order valence-corrected chi connectivity index (χ0v) is 15.9. The number of benzene rings is 2. The van der Waals surface area contributed by atoms with Gasteiger partial charge in [-0.25, -0.2) is 9.97 Å². The standard InChI is InChI=1S/C21H21N3OS/c1-14-9-7-8-12-18(14)24-21(25)15(2)26-20-13-19(22-16(3)23-20)17-10-5-4-6-11-17/h4-13,15H,1-3H3,(H,24,25)/t15-/m0/s1. The molecule has 0 saturated carbocycles. The van der Waals surface area contributed by atoms with Crippen LogP contribution in [-0.4, -0.2) is 21.1 Å². The van der Waals surface area contributed by atoms with Crippen molar-refractivity contribution in [1.82, 2.24) is 9.97 Å². The van der Waals surface area contributed by atoms with Gasteiger partial charge >= 0.3 is 0 Å². The Balaban J connectivity index is 1.75. The molecule has 0 bridgehead atoms. The molecule has 5 heteroatoms. The van der Waals surface area contributed by atoms with Crippen LogP contribution in [0.25, 0.3) is 11.3 Å². The second-order valence-corrected chi connectivity index (χ2v) is 7.43. The predicted molar refractivity (Wildman–Crippen MR) is 107 cm³/mol. The van der Waals surface area contributed by atoms with Crippen molar-refractivity contribution in [3.8, 4) is 11.3 Å². The fourth-order valence-electron chi connectivity index (χ4n) is 2.54. The average Bonchev–Trinajstić information content (AvgIpc) is 2.64. The van der Waals surface area contributed by atoms with Gasteiger partial charge in [-0.15, -0.1) is 0 Å². The molecule has 0 fully saturated rings. The molecule has 3 rings (SSSR count). The minimum absolute atomic E-state index is 0.0400. The molecule has 26 heavy (non-hydrogen) atoms. The fraction of sp³-hybridized carbons (Fsp3) is 0.190. The van der Waals surface area contributed by atoms with Crippen molar-refractivity contribution in [3.05, 3.63) is 72.1 Å². The SMILES string of the molecule is Cc1nc(S[C@@H](C)C(=O)Nc2ccccc2C)cc(-c2ccccc2)n1. The molecule has 0 saturated heterocycles. The summed E-state index contributed by atoms with van der Waals surface area (Å²) in [5.41, 5.74) is 3.79. The first-order valence-electron chi connectivity index (χ1n) is 8.47. The quantitative estimate of drug-likeness (QED) is 0.518. The summed E-state index contributed by atoms with van der Waals surface area (Å²) in [6.45, 7) is 5.74. The van der Waals surface area contributed by atoms with E-state index in [9.17, 15) is 4.79 Å². The number of para-hydroxylation sites is 1. The van der Waals surface area contributed by atoms with Crippen LogP contribution in [0.3, 0.4) is 0 Å². The maximum absolute atomic E-state index is 12.5. The third-order valence-electron chi connectivity index (χ3n) is 3.95. The topological polar surface area (TPSA) is 54.9 Å². The minimum Gasteiger partial charge on any atom is -0.325 e. The van der Waals surface area contributed by atoms with Crippen molar-refractivity contribution in [3.63, 3.8) is 0 Å². The van der Waals surface area contributed by atoms with Crippen LogP contribution in [0.15, 0.2) is 65.7 Å². The summed E-state index contributed by atoms with van der Waals surface area (Å²) in [6, 6.07) is 19.7. The van der Waals surface area contributed by atoms with Crippen LogP contribution in [0.1, 0.15) is 18.3 Å². The zero-order valence-electron chi connectivity index (χ0n) is 15.1. The largest absolute Gasteiger partial charge is 0.325 e. The summed E-state index contributed by atoms with van der Waals surface area (Å²) < 4.78 is 0. The molecule has 0 unspecified atom stereocenters. The first kappa shape index (κ1) is 18.1. The van der Waals surface area contributed by atoms with E-state index in [1.807, 2.05) is 81.4 Å². The third kappa shape index (κ3) is 4.49. The lowest BCUT2D eigenvalue weighted by atomic mass is 10.1. The molecule has 1 amide bonds. The number of aromatic nitrogens is 2. The van der Waals surface area contributed by atoms with Crippen LogP contribution < -0.4 is 5.32 Å². The van der Waals surface area contributed by atoms with E-state index < -0.39 is 0 Å². The molecule has 4 nitrogen and oxygen atoms in total. The Hall–Kier alpha value is -2.66. The third-order valence-corrected chi connectivity index (χ3v) is 4.97. The molecule has 2 aromatic carbocycles. The number of rotatable bonds is 5. The maximum Gasteiger partial charge on any atom is 0.237 e. The Labute approximate surface area is 158 Å². The van der Waals surface area contributed by atoms with E-state index in [-0.39, 0.29) is 11.2 Å².